The van der Waals surface area contributed by atoms with E-state index in [9.17, 15) is 14.4 Å². The zero-order chi connectivity index (χ0) is 22.5. The molecule has 0 unspecified atom stereocenters. The van der Waals surface area contributed by atoms with Crippen LogP contribution in [-0.2, 0) is 36.1 Å². The highest BCUT2D eigenvalue weighted by Gasteiger charge is 2.48. The first kappa shape index (κ1) is 20.8. The van der Waals surface area contributed by atoms with Crippen LogP contribution in [0.15, 0.2) is 27.6 Å². The van der Waals surface area contributed by atoms with E-state index in [0.717, 1.165) is 24.4 Å². The number of urea groups is 1. The van der Waals surface area contributed by atoms with Crippen LogP contribution in [0.2, 0.25) is 0 Å². The van der Waals surface area contributed by atoms with E-state index in [1.54, 1.807) is 27.9 Å². The molecule has 0 saturated carbocycles. The fourth-order valence-electron chi connectivity index (χ4n) is 5.22. The van der Waals surface area contributed by atoms with Crippen molar-refractivity contribution in [2.75, 3.05) is 19.6 Å². The van der Waals surface area contributed by atoms with E-state index in [1.807, 2.05) is 18.7 Å². The average molecular weight is 440 g/mol. The molecule has 3 aliphatic heterocycles. The molecular weight excluding hydrogens is 410 g/mol. The van der Waals surface area contributed by atoms with Gasteiger partial charge >= 0.3 is 6.03 Å². The van der Waals surface area contributed by atoms with Crippen molar-refractivity contribution in [3.05, 3.63) is 51.6 Å². The lowest BCUT2D eigenvalue weighted by molar-refractivity contribution is -0.131. The molecule has 32 heavy (non-hydrogen) atoms. The van der Waals surface area contributed by atoms with Crippen molar-refractivity contribution in [2.24, 2.45) is 0 Å². The summed E-state index contributed by atoms with van der Waals surface area (Å²) in [7, 11) is 0. The number of carbonyl (C=O) groups excluding carboxylic acids is 2. The fraction of sp³-hybridized carbons (Fsp3) is 0.565. The average Bonchev–Trinajstić information content (AvgIpc) is 3.50. The van der Waals surface area contributed by atoms with Gasteiger partial charge in [0.2, 0.25) is 5.91 Å². The van der Waals surface area contributed by atoms with Gasteiger partial charge in [-0.3, -0.25) is 14.2 Å². The second kappa shape index (κ2) is 7.79. The van der Waals surface area contributed by atoms with Gasteiger partial charge in [-0.05, 0) is 38.8 Å². The third-order valence-corrected chi connectivity index (χ3v) is 6.92. The smallest absolute Gasteiger partial charge is 0.317 e. The lowest BCUT2D eigenvalue weighted by atomic mass is 9.85. The van der Waals surface area contributed by atoms with Crippen LogP contribution in [0.5, 0.6) is 0 Å². The molecule has 1 saturated heterocycles. The van der Waals surface area contributed by atoms with Gasteiger partial charge in [-0.15, -0.1) is 0 Å². The summed E-state index contributed by atoms with van der Waals surface area (Å²) in [4.78, 5) is 47.1. The highest BCUT2D eigenvalue weighted by Crippen LogP contribution is 2.41. The fourth-order valence-corrected chi connectivity index (χ4v) is 5.22. The molecule has 0 aromatic carbocycles. The van der Waals surface area contributed by atoms with Gasteiger partial charge in [-0.1, -0.05) is 0 Å². The molecule has 0 bridgehead atoms. The first-order valence-electron chi connectivity index (χ1n) is 11.3. The topological polar surface area (TPSA) is 101 Å². The molecule has 2 aromatic heterocycles. The molecule has 1 fully saturated rings. The van der Waals surface area contributed by atoms with E-state index in [1.165, 1.54) is 0 Å². The largest absolute Gasteiger partial charge is 0.469 e. The second-order valence-corrected chi connectivity index (χ2v) is 9.44. The van der Waals surface area contributed by atoms with Gasteiger partial charge in [0.25, 0.3) is 5.56 Å². The van der Waals surface area contributed by atoms with E-state index in [0.29, 0.717) is 43.9 Å². The Bertz CT molecular complexity index is 1110. The number of aromatic nitrogens is 2. The molecular formula is C23H29N5O4. The molecule has 0 aliphatic carbocycles. The molecule has 9 nitrogen and oxygen atoms in total. The van der Waals surface area contributed by atoms with Crippen LogP contribution in [0.1, 0.15) is 49.5 Å². The monoisotopic (exact) mass is 439 g/mol. The highest BCUT2D eigenvalue weighted by molar-refractivity contribution is 5.78. The third kappa shape index (κ3) is 3.49. The van der Waals surface area contributed by atoms with Crippen LogP contribution in [0.3, 0.4) is 0 Å². The first-order chi connectivity index (χ1) is 15.4. The van der Waals surface area contributed by atoms with Crippen LogP contribution >= 0.6 is 0 Å². The van der Waals surface area contributed by atoms with Crippen LogP contribution < -0.4 is 10.9 Å². The van der Waals surface area contributed by atoms with Crippen molar-refractivity contribution in [3.63, 3.8) is 0 Å². The van der Waals surface area contributed by atoms with E-state index in [4.69, 9.17) is 9.40 Å². The Balaban J connectivity index is 1.37. The lowest BCUT2D eigenvalue weighted by Gasteiger charge is -2.30. The van der Waals surface area contributed by atoms with Crippen molar-refractivity contribution in [2.45, 2.75) is 64.1 Å². The number of carbonyl (C=O) groups is 2. The van der Waals surface area contributed by atoms with Crippen molar-refractivity contribution in [1.82, 2.24) is 24.7 Å². The number of nitrogens with zero attached hydrogens (tertiary/aromatic N) is 4. The summed E-state index contributed by atoms with van der Waals surface area (Å²) in [5.74, 6) is 1.39. The molecule has 3 amide bonds. The van der Waals surface area contributed by atoms with Gasteiger partial charge in [0.15, 0.2) is 0 Å². The summed E-state index contributed by atoms with van der Waals surface area (Å²) in [6.45, 7) is 6.59. The summed E-state index contributed by atoms with van der Waals surface area (Å²) in [5.41, 5.74) is 1.13. The molecule has 9 heteroatoms. The maximum absolute atomic E-state index is 13.4. The Morgan fingerprint density at radius 2 is 2.03 bits per heavy atom. The molecule has 1 atom stereocenters. The number of rotatable bonds is 3. The minimum Gasteiger partial charge on any atom is -0.469 e. The minimum atomic E-state index is -0.255. The Kier molecular flexibility index (Phi) is 5.06. The van der Waals surface area contributed by atoms with Gasteiger partial charge in [-0.25, -0.2) is 9.78 Å². The number of likely N-dealkylation sites (tertiary alicyclic amines) is 1. The molecule has 1 spiro atoms. The van der Waals surface area contributed by atoms with Crippen LogP contribution in [0, 0.1) is 0 Å². The van der Waals surface area contributed by atoms with E-state index < -0.39 is 0 Å². The van der Waals surface area contributed by atoms with Crippen molar-refractivity contribution in [3.8, 4) is 0 Å². The van der Waals surface area contributed by atoms with Gasteiger partial charge in [0.05, 0.1) is 30.5 Å². The van der Waals surface area contributed by atoms with Gasteiger partial charge in [-0.2, -0.15) is 0 Å². The minimum absolute atomic E-state index is 0.0394. The quantitative estimate of drug-likeness (QED) is 0.780. The van der Waals surface area contributed by atoms with E-state index in [2.05, 4.69) is 5.32 Å². The molecule has 5 rings (SSSR count). The van der Waals surface area contributed by atoms with Gasteiger partial charge < -0.3 is 19.5 Å². The zero-order valence-corrected chi connectivity index (χ0v) is 18.6. The Hall–Kier alpha value is -3.10. The number of furan rings is 1. The summed E-state index contributed by atoms with van der Waals surface area (Å²) >= 11 is 0. The van der Waals surface area contributed by atoms with E-state index in [-0.39, 0.29) is 41.9 Å². The summed E-state index contributed by atoms with van der Waals surface area (Å²) in [6.07, 6.45) is 3.94. The SMILES string of the molecule is CC(C)NC(=O)N1CC[C@]2(CCn3c2nc2c(c3=O)CN(C(=O)Cc3ccco3)CC2)C1. The molecule has 0 radical (unpaired) electrons. The first-order valence-corrected chi connectivity index (χ1v) is 11.3. The van der Waals surface area contributed by atoms with Crippen LogP contribution in [0.25, 0.3) is 0 Å². The zero-order valence-electron chi connectivity index (χ0n) is 18.6. The Labute approximate surface area is 186 Å². The molecule has 170 valence electrons. The van der Waals surface area contributed by atoms with Gasteiger partial charge in [0.1, 0.15) is 11.6 Å². The number of nitrogens with one attached hydrogen (secondary N) is 1. The number of fused-ring (bicyclic) bond motifs is 3. The predicted octanol–water partition coefficient (Wildman–Crippen LogP) is 1.43. The normalized spacial score (nSPS) is 21.8. The highest BCUT2D eigenvalue weighted by atomic mass is 16.3. The maximum Gasteiger partial charge on any atom is 0.317 e. The third-order valence-electron chi connectivity index (χ3n) is 6.92. The van der Waals surface area contributed by atoms with Crippen molar-refractivity contribution < 1.29 is 14.0 Å². The van der Waals surface area contributed by atoms with Crippen molar-refractivity contribution in [1.29, 1.82) is 0 Å². The van der Waals surface area contributed by atoms with Crippen molar-refractivity contribution >= 4 is 11.9 Å². The molecule has 2 aromatic rings. The van der Waals surface area contributed by atoms with Gasteiger partial charge in [0, 0.05) is 44.1 Å². The molecule has 5 heterocycles. The molecule has 3 aliphatic rings. The van der Waals surface area contributed by atoms with E-state index >= 15 is 0 Å². The van der Waals surface area contributed by atoms with Crippen LogP contribution in [0.4, 0.5) is 4.79 Å². The number of hydrogen-bond donors (Lipinski definition) is 1. The predicted molar refractivity (Wildman–Crippen MR) is 116 cm³/mol. The Morgan fingerprint density at radius 3 is 2.78 bits per heavy atom. The summed E-state index contributed by atoms with van der Waals surface area (Å²) < 4.78 is 7.07. The second-order valence-electron chi connectivity index (χ2n) is 9.44. The van der Waals surface area contributed by atoms with Crippen LogP contribution in [-0.4, -0.2) is 57.0 Å². The number of hydrogen-bond acceptors (Lipinski definition) is 5. The standard InChI is InChI=1S/C23H29N5O4/c1-15(2)24-22(31)27-9-6-23(14-27)7-10-28-20(30)17-13-26(8-5-18(17)25-21(23)28)19(29)12-16-4-3-11-32-16/h3-4,11,15H,5-10,12-14H2,1-2H3,(H,24,31)/t23-/m0/s1. The Morgan fingerprint density at radius 1 is 1.22 bits per heavy atom. The lowest BCUT2D eigenvalue weighted by Crippen LogP contribution is -2.44. The summed E-state index contributed by atoms with van der Waals surface area (Å²) in [6, 6.07) is 3.58. The maximum atomic E-state index is 13.4. The summed E-state index contributed by atoms with van der Waals surface area (Å²) in [5, 5.41) is 2.96. The number of amides is 3. The molecule has 1 N–H and O–H groups in total.